The summed E-state index contributed by atoms with van der Waals surface area (Å²) in [6.07, 6.45) is -1.14. The van der Waals surface area contributed by atoms with E-state index in [9.17, 15) is 19.2 Å². The number of nitrogens with one attached hydrogen (secondary N) is 1. The highest BCUT2D eigenvalue weighted by Gasteiger charge is 2.71. The molecule has 2 saturated carbocycles. The van der Waals surface area contributed by atoms with Gasteiger partial charge in [0.1, 0.15) is 11.7 Å². The third-order valence-electron chi connectivity index (χ3n) is 7.18. The summed E-state index contributed by atoms with van der Waals surface area (Å²) >= 11 is 1.41. The van der Waals surface area contributed by atoms with Gasteiger partial charge in [0.25, 0.3) is 0 Å². The van der Waals surface area contributed by atoms with Crippen molar-refractivity contribution < 1.29 is 19.2 Å². The Balaban J connectivity index is 1.58. The second-order valence-corrected chi connectivity index (χ2v) is 12.6. The fourth-order valence-corrected chi connectivity index (χ4v) is 8.50. The minimum absolute atomic E-state index is 0.0158. The van der Waals surface area contributed by atoms with Gasteiger partial charge in [0.15, 0.2) is 5.78 Å². The van der Waals surface area contributed by atoms with Crippen LogP contribution in [0, 0.1) is 17.8 Å². The fourth-order valence-electron chi connectivity index (χ4n) is 5.53. The van der Waals surface area contributed by atoms with E-state index in [0.29, 0.717) is 4.90 Å². The molecule has 35 heavy (non-hydrogen) atoms. The number of carbonyl (C=O) groups is 1. The summed E-state index contributed by atoms with van der Waals surface area (Å²) in [6.45, 7) is 0. The summed E-state index contributed by atoms with van der Waals surface area (Å²) in [5.74, 6) is -1.56. The molecule has 3 aromatic carbocycles. The van der Waals surface area contributed by atoms with Crippen LogP contribution in [0.2, 0.25) is 0 Å². The second kappa shape index (κ2) is 9.56. The van der Waals surface area contributed by atoms with Crippen molar-refractivity contribution in [2.75, 3.05) is 12.8 Å². The van der Waals surface area contributed by atoms with Crippen LogP contribution in [0.1, 0.15) is 11.5 Å². The molecule has 5 rings (SSSR count). The SMILES string of the molecule is CNS(=O)(=CC(O)(CSc1ccccc1)C1C(=O)C(O)C2C(c3ccccc3)C21)c1ccccc1. The van der Waals surface area contributed by atoms with E-state index < -0.39 is 27.3 Å². The summed E-state index contributed by atoms with van der Waals surface area (Å²) in [5.41, 5.74) is -0.660. The maximum absolute atomic E-state index is 14.1. The van der Waals surface area contributed by atoms with Crippen LogP contribution in [-0.4, -0.2) is 50.1 Å². The van der Waals surface area contributed by atoms with Crippen molar-refractivity contribution in [2.45, 2.75) is 27.4 Å². The number of rotatable bonds is 8. The zero-order valence-corrected chi connectivity index (χ0v) is 21.0. The molecular weight excluding hydrogens is 478 g/mol. The molecule has 2 fully saturated rings. The number of fused-ring (bicyclic) bond motifs is 1. The standard InChI is InChI=1S/C28H29NO4S2/c1-29-35(33,21-15-9-4-10-16-21)18-28(32,17-34-20-13-7-3-8-14-20)25-23-22(19-11-5-2-6-12-19)24(23)26(30)27(25)31/h2-16,18,22-26,30,32H,17H2,1H3,(H,29,33). The summed E-state index contributed by atoms with van der Waals surface area (Å²) < 4.78 is 17.0. The van der Waals surface area contributed by atoms with Crippen molar-refractivity contribution in [1.82, 2.24) is 4.72 Å². The number of thioether (sulfide) groups is 1. The number of benzene rings is 3. The van der Waals surface area contributed by atoms with Crippen LogP contribution in [0.5, 0.6) is 0 Å². The molecule has 0 heterocycles. The third-order valence-corrected chi connectivity index (χ3v) is 10.7. The molecule has 7 heteroatoms. The summed E-state index contributed by atoms with van der Waals surface area (Å²) in [4.78, 5) is 14.8. The Morgan fingerprint density at radius 3 is 2.11 bits per heavy atom. The Morgan fingerprint density at radius 1 is 0.943 bits per heavy atom. The molecule has 2 aliphatic carbocycles. The number of ketones is 1. The molecule has 0 radical (unpaired) electrons. The molecule has 7 unspecified atom stereocenters. The lowest BCUT2D eigenvalue weighted by atomic mass is 9.82. The minimum atomic E-state index is -3.01. The lowest BCUT2D eigenvalue weighted by Crippen LogP contribution is -2.50. The molecule has 3 N–H and O–H groups in total. The summed E-state index contributed by atoms with van der Waals surface area (Å²) in [6, 6.07) is 28.4. The average molecular weight is 508 g/mol. The number of carbonyl (C=O) groups excluding carboxylic acids is 1. The minimum Gasteiger partial charge on any atom is -0.385 e. The quantitative estimate of drug-likeness (QED) is 0.322. The largest absolute Gasteiger partial charge is 0.385 e. The van der Waals surface area contributed by atoms with Gasteiger partial charge in [-0.15, -0.1) is 11.8 Å². The van der Waals surface area contributed by atoms with Gasteiger partial charge in [-0.2, -0.15) is 0 Å². The summed E-state index contributed by atoms with van der Waals surface area (Å²) in [7, 11) is -1.41. The van der Waals surface area contributed by atoms with Gasteiger partial charge >= 0.3 is 0 Å². The molecule has 5 nitrogen and oxygen atoms in total. The Morgan fingerprint density at radius 2 is 1.51 bits per heavy atom. The lowest BCUT2D eigenvalue weighted by molar-refractivity contribution is -0.133. The molecule has 0 amide bonds. The van der Waals surface area contributed by atoms with Crippen molar-refractivity contribution in [2.24, 2.45) is 17.8 Å². The van der Waals surface area contributed by atoms with E-state index in [2.05, 4.69) is 4.72 Å². The van der Waals surface area contributed by atoms with Crippen molar-refractivity contribution in [1.29, 1.82) is 0 Å². The lowest BCUT2D eigenvalue weighted by Gasteiger charge is -2.33. The maximum atomic E-state index is 14.1. The van der Waals surface area contributed by atoms with E-state index in [0.717, 1.165) is 10.5 Å². The van der Waals surface area contributed by atoms with E-state index in [4.69, 9.17) is 0 Å². The predicted molar refractivity (Wildman–Crippen MR) is 141 cm³/mol. The highest BCUT2D eigenvalue weighted by Crippen LogP contribution is 2.66. The Labute approximate surface area is 210 Å². The first-order valence-electron chi connectivity index (χ1n) is 11.7. The molecule has 3 aromatic rings. The smallest absolute Gasteiger partial charge is 0.168 e. The Hall–Kier alpha value is -2.42. The molecule has 2 aliphatic rings. The third kappa shape index (κ3) is 4.47. The normalized spacial score (nSPS) is 28.5. The zero-order valence-electron chi connectivity index (χ0n) is 19.4. The highest BCUT2D eigenvalue weighted by molar-refractivity contribution is 8.00. The van der Waals surface area contributed by atoms with Crippen molar-refractivity contribution in [3.8, 4) is 0 Å². The van der Waals surface area contributed by atoms with E-state index in [1.54, 1.807) is 31.3 Å². The van der Waals surface area contributed by atoms with Crippen LogP contribution in [0.25, 0.3) is 0 Å². The molecule has 0 aliphatic heterocycles. The van der Waals surface area contributed by atoms with Crippen molar-refractivity contribution in [3.63, 3.8) is 0 Å². The van der Waals surface area contributed by atoms with E-state index >= 15 is 0 Å². The average Bonchev–Trinajstić information content (AvgIpc) is 3.56. The van der Waals surface area contributed by atoms with Gasteiger partial charge in [-0.05, 0) is 48.7 Å². The summed E-state index contributed by atoms with van der Waals surface area (Å²) in [5, 5.41) is 24.5. The number of aliphatic hydroxyl groups is 2. The maximum Gasteiger partial charge on any atom is 0.168 e. The molecule has 182 valence electrons. The van der Waals surface area contributed by atoms with E-state index in [1.807, 2.05) is 66.7 Å². The van der Waals surface area contributed by atoms with E-state index in [1.165, 1.54) is 17.1 Å². The Kier molecular flexibility index (Phi) is 6.63. The van der Waals surface area contributed by atoms with Gasteiger partial charge in [0, 0.05) is 26.8 Å². The first-order valence-corrected chi connectivity index (χ1v) is 14.3. The molecular formula is C28H29NO4S2. The van der Waals surface area contributed by atoms with Gasteiger partial charge < -0.3 is 10.2 Å². The second-order valence-electron chi connectivity index (χ2n) is 9.24. The van der Waals surface area contributed by atoms with Gasteiger partial charge in [0.2, 0.25) is 0 Å². The number of aliphatic hydroxyl groups excluding tert-OH is 1. The molecule has 0 bridgehead atoms. The zero-order chi connectivity index (χ0) is 24.6. The van der Waals surface area contributed by atoms with Gasteiger partial charge in [-0.3, -0.25) is 4.79 Å². The molecule has 0 spiro atoms. The highest BCUT2D eigenvalue weighted by atomic mass is 32.2. The van der Waals surface area contributed by atoms with Gasteiger partial charge in [0.05, 0.1) is 15.6 Å². The number of Topliss-reactive ketones (excluding diaryl/α,β-unsaturated/α-hetero) is 1. The van der Waals surface area contributed by atoms with Crippen LogP contribution in [0.3, 0.4) is 0 Å². The topological polar surface area (TPSA) is 86.6 Å². The molecule has 0 saturated heterocycles. The van der Waals surface area contributed by atoms with Gasteiger partial charge in [-0.25, -0.2) is 8.93 Å². The molecule has 7 atom stereocenters. The number of hydrogen-bond donors (Lipinski definition) is 3. The Bertz CT molecular complexity index is 1310. The first kappa shape index (κ1) is 24.3. The van der Waals surface area contributed by atoms with Crippen LogP contribution < -0.4 is 4.72 Å². The van der Waals surface area contributed by atoms with Crippen molar-refractivity contribution >= 4 is 32.6 Å². The molecule has 0 aromatic heterocycles. The van der Waals surface area contributed by atoms with Crippen LogP contribution in [0.15, 0.2) is 101 Å². The van der Waals surface area contributed by atoms with Crippen LogP contribution in [-0.2, 0) is 14.5 Å². The first-order chi connectivity index (χ1) is 16.9. The fraction of sp³-hybridized carbons (Fsp3) is 0.286. The number of hydrogen-bond acceptors (Lipinski definition) is 5. The van der Waals surface area contributed by atoms with Crippen LogP contribution >= 0.6 is 11.8 Å². The monoisotopic (exact) mass is 507 g/mol. The van der Waals surface area contributed by atoms with E-state index in [-0.39, 0.29) is 29.3 Å². The van der Waals surface area contributed by atoms with Crippen LogP contribution in [0.4, 0.5) is 0 Å². The van der Waals surface area contributed by atoms with Crippen molar-refractivity contribution in [3.05, 3.63) is 96.6 Å². The predicted octanol–water partition coefficient (Wildman–Crippen LogP) is 3.38. The van der Waals surface area contributed by atoms with Gasteiger partial charge in [-0.1, -0.05) is 66.7 Å².